The zero-order valence-electron chi connectivity index (χ0n) is 12.2. The molecule has 17 heavy (non-hydrogen) atoms. The van der Waals surface area contributed by atoms with Crippen molar-refractivity contribution in [2.75, 3.05) is 0 Å². The lowest BCUT2D eigenvalue weighted by Gasteiger charge is -2.34. The largest absolute Gasteiger partial charge is 0.0683 e. The van der Waals surface area contributed by atoms with Gasteiger partial charge in [-0.05, 0) is 49.5 Å². The second-order valence-electron chi connectivity index (χ2n) is 5.85. The van der Waals surface area contributed by atoms with E-state index in [4.69, 9.17) is 0 Å². The van der Waals surface area contributed by atoms with Gasteiger partial charge in [0.2, 0.25) is 0 Å². The molecule has 0 unspecified atom stereocenters. The Kier molecular flexibility index (Phi) is 5.24. The molecule has 0 heterocycles. The Bertz CT molecular complexity index is 308. The molecule has 1 saturated carbocycles. The van der Waals surface area contributed by atoms with E-state index in [1.807, 2.05) is 13.8 Å². The van der Waals surface area contributed by atoms with E-state index >= 15 is 0 Å². The maximum atomic E-state index is 2.40. The van der Waals surface area contributed by atoms with Gasteiger partial charge in [-0.15, -0.1) is 0 Å². The third kappa shape index (κ3) is 4.18. The molecular formula is C17H28. The van der Waals surface area contributed by atoms with Gasteiger partial charge in [-0.25, -0.2) is 0 Å². The van der Waals surface area contributed by atoms with Crippen LogP contribution in [0.15, 0.2) is 24.3 Å². The second kappa shape index (κ2) is 6.23. The van der Waals surface area contributed by atoms with E-state index < -0.39 is 0 Å². The minimum atomic E-state index is 0.585. The molecule has 1 fully saturated rings. The van der Waals surface area contributed by atoms with E-state index in [0.717, 1.165) is 5.92 Å². The van der Waals surface area contributed by atoms with Crippen LogP contribution in [0.4, 0.5) is 0 Å². The first kappa shape index (κ1) is 14.3. The van der Waals surface area contributed by atoms with Crippen molar-refractivity contribution in [3.05, 3.63) is 35.4 Å². The van der Waals surface area contributed by atoms with Crippen molar-refractivity contribution in [1.29, 1.82) is 0 Å². The number of hydrogen-bond acceptors (Lipinski definition) is 0. The topological polar surface area (TPSA) is 0 Å². The van der Waals surface area contributed by atoms with E-state index in [-0.39, 0.29) is 0 Å². The molecule has 0 spiro atoms. The van der Waals surface area contributed by atoms with E-state index in [1.165, 1.54) is 31.2 Å². The number of hydrogen-bond donors (Lipinski definition) is 0. The lowest BCUT2D eigenvalue weighted by atomic mass is 9.71. The normalized spacial score (nSPS) is 19.4. The minimum Gasteiger partial charge on any atom is -0.0683 e. The fourth-order valence-corrected chi connectivity index (χ4v) is 2.57. The molecule has 0 aromatic heterocycles. The minimum absolute atomic E-state index is 0.585. The average Bonchev–Trinajstić information content (AvgIpc) is 2.33. The first-order valence-electron chi connectivity index (χ1n) is 7.13. The summed E-state index contributed by atoms with van der Waals surface area (Å²) in [6.07, 6.45) is 5.50. The van der Waals surface area contributed by atoms with Crippen molar-refractivity contribution in [1.82, 2.24) is 0 Å². The van der Waals surface area contributed by atoms with Crippen molar-refractivity contribution < 1.29 is 0 Å². The Labute approximate surface area is 107 Å². The Balaban J connectivity index is 0.000000686. The van der Waals surface area contributed by atoms with Gasteiger partial charge in [0.15, 0.2) is 0 Å². The summed E-state index contributed by atoms with van der Waals surface area (Å²) in [5.41, 5.74) is 3.51. The van der Waals surface area contributed by atoms with Crippen molar-refractivity contribution in [2.45, 2.75) is 66.2 Å². The summed E-state index contributed by atoms with van der Waals surface area (Å²) >= 11 is 0. The zero-order valence-corrected chi connectivity index (χ0v) is 12.2. The fourth-order valence-electron chi connectivity index (χ4n) is 2.57. The van der Waals surface area contributed by atoms with Crippen molar-refractivity contribution in [3.63, 3.8) is 0 Å². The maximum Gasteiger partial charge on any atom is -0.0162 e. The molecule has 1 aliphatic carbocycles. The van der Waals surface area contributed by atoms with Gasteiger partial charge in [0.25, 0.3) is 0 Å². The summed E-state index contributed by atoms with van der Waals surface area (Å²) in [6.45, 7) is 11.0. The molecule has 0 heteroatoms. The summed E-state index contributed by atoms with van der Waals surface area (Å²) < 4.78 is 0. The first-order valence-corrected chi connectivity index (χ1v) is 7.13. The Morgan fingerprint density at radius 2 is 1.41 bits per heavy atom. The first-order chi connectivity index (χ1) is 8.07. The predicted octanol–water partition coefficient (Wildman–Crippen LogP) is 5.71. The third-order valence-electron chi connectivity index (χ3n) is 3.89. The SMILES string of the molecule is CC.Cc1ccc(C2CCC(C)(C)CC2)cc1. The van der Waals surface area contributed by atoms with Gasteiger partial charge in [-0.1, -0.05) is 57.5 Å². The number of rotatable bonds is 1. The Morgan fingerprint density at radius 1 is 0.941 bits per heavy atom. The van der Waals surface area contributed by atoms with Gasteiger partial charge >= 0.3 is 0 Å². The highest BCUT2D eigenvalue weighted by Gasteiger charge is 2.27. The summed E-state index contributed by atoms with van der Waals surface area (Å²) in [6, 6.07) is 9.13. The molecule has 0 amide bonds. The van der Waals surface area contributed by atoms with Crippen LogP contribution in [0.25, 0.3) is 0 Å². The van der Waals surface area contributed by atoms with Crippen molar-refractivity contribution in [3.8, 4) is 0 Å². The van der Waals surface area contributed by atoms with Crippen LogP contribution in [-0.2, 0) is 0 Å². The summed E-state index contributed by atoms with van der Waals surface area (Å²) in [4.78, 5) is 0. The van der Waals surface area contributed by atoms with Crippen molar-refractivity contribution >= 4 is 0 Å². The summed E-state index contributed by atoms with van der Waals surface area (Å²) in [5, 5.41) is 0. The molecule has 0 bridgehead atoms. The zero-order chi connectivity index (χ0) is 12.9. The quantitative estimate of drug-likeness (QED) is 0.582. The second-order valence-corrected chi connectivity index (χ2v) is 5.85. The van der Waals surface area contributed by atoms with Crippen LogP contribution < -0.4 is 0 Å². The fraction of sp³-hybridized carbons (Fsp3) is 0.647. The van der Waals surface area contributed by atoms with Gasteiger partial charge in [0.05, 0.1) is 0 Å². The highest BCUT2D eigenvalue weighted by atomic mass is 14.3. The van der Waals surface area contributed by atoms with Crippen LogP contribution in [0.3, 0.4) is 0 Å². The van der Waals surface area contributed by atoms with E-state index in [0.29, 0.717) is 5.41 Å². The smallest absolute Gasteiger partial charge is 0.0162 e. The molecule has 1 aromatic carbocycles. The molecule has 0 aliphatic heterocycles. The average molecular weight is 232 g/mol. The van der Waals surface area contributed by atoms with E-state index in [9.17, 15) is 0 Å². The lowest BCUT2D eigenvalue weighted by Crippen LogP contribution is -2.20. The number of aryl methyl sites for hydroxylation is 1. The van der Waals surface area contributed by atoms with Crippen LogP contribution in [0.2, 0.25) is 0 Å². The van der Waals surface area contributed by atoms with Crippen LogP contribution in [0.5, 0.6) is 0 Å². The molecule has 2 rings (SSSR count). The van der Waals surface area contributed by atoms with E-state index in [2.05, 4.69) is 45.0 Å². The van der Waals surface area contributed by atoms with Gasteiger partial charge in [0.1, 0.15) is 0 Å². The van der Waals surface area contributed by atoms with Crippen molar-refractivity contribution in [2.24, 2.45) is 5.41 Å². The summed E-state index contributed by atoms with van der Waals surface area (Å²) in [7, 11) is 0. The molecule has 1 aliphatic rings. The van der Waals surface area contributed by atoms with Crippen LogP contribution >= 0.6 is 0 Å². The summed E-state index contributed by atoms with van der Waals surface area (Å²) in [5.74, 6) is 0.818. The molecule has 1 aromatic rings. The standard InChI is InChI=1S/C15H22.C2H6/c1-12-4-6-13(7-5-12)14-8-10-15(2,3)11-9-14;1-2/h4-7,14H,8-11H2,1-3H3;1-2H3. The third-order valence-corrected chi connectivity index (χ3v) is 3.89. The van der Waals surface area contributed by atoms with Gasteiger partial charge in [0, 0.05) is 0 Å². The highest BCUT2D eigenvalue weighted by molar-refractivity contribution is 5.24. The van der Waals surface area contributed by atoms with Gasteiger partial charge in [-0.3, -0.25) is 0 Å². The van der Waals surface area contributed by atoms with Crippen LogP contribution in [-0.4, -0.2) is 0 Å². The molecule has 0 atom stereocenters. The van der Waals surface area contributed by atoms with E-state index in [1.54, 1.807) is 5.56 Å². The van der Waals surface area contributed by atoms with Crippen LogP contribution in [0.1, 0.15) is 70.4 Å². The lowest BCUT2D eigenvalue weighted by molar-refractivity contribution is 0.224. The van der Waals surface area contributed by atoms with Gasteiger partial charge < -0.3 is 0 Å². The van der Waals surface area contributed by atoms with Crippen LogP contribution in [0, 0.1) is 12.3 Å². The Morgan fingerprint density at radius 3 is 1.88 bits per heavy atom. The molecule has 0 saturated heterocycles. The monoisotopic (exact) mass is 232 g/mol. The highest BCUT2D eigenvalue weighted by Crippen LogP contribution is 2.42. The predicted molar refractivity (Wildman–Crippen MR) is 77.5 cm³/mol. The molecule has 96 valence electrons. The maximum absolute atomic E-state index is 2.40. The Hall–Kier alpha value is -0.780. The molecule has 0 radical (unpaired) electrons. The molecule has 0 nitrogen and oxygen atoms in total. The number of benzene rings is 1. The molecule has 0 N–H and O–H groups in total. The molecular weight excluding hydrogens is 204 g/mol. The van der Waals surface area contributed by atoms with Gasteiger partial charge in [-0.2, -0.15) is 0 Å².